The zero-order valence-electron chi connectivity index (χ0n) is 15.0. The molecule has 25 heavy (non-hydrogen) atoms. The van der Waals surface area contributed by atoms with E-state index in [0.29, 0.717) is 12.5 Å². The van der Waals surface area contributed by atoms with E-state index in [0.717, 1.165) is 44.6 Å². The average Bonchev–Trinajstić information content (AvgIpc) is 3.27. The van der Waals surface area contributed by atoms with Gasteiger partial charge in [-0.3, -0.25) is 9.69 Å². The van der Waals surface area contributed by atoms with E-state index in [4.69, 9.17) is 4.74 Å². The van der Waals surface area contributed by atoms with Crippen LogP contribution >= 0.6 is 0 Å². The van der Waals surface area contributed by atoms with Gasteiger partial charge in [-0.2, -0.15) is 0 Å². The highest BCUT2D eigenvalue weighted by Gasteiger charge is 2.40. The van der Waals surface area contributed by atoms with Crippen molar-refractivity contribution in [1.29, 1.82) is 0 Å². The Labute approximate surface area is 150 Å². The van der Waals surface area contributed by atoms with Crippen molar-refractivity contribution in [1.82, 2.24) is 10.2 Å². The van der Waals surface area contributed by atoms with Crippen LogP contribution in [0.15, 0.2) is 30.3 Å². The molecule has 0 aromatic heterocycles. The van der Waals surface area contributed by atoms with E-state index in [1.54, 1.807) is 0 Å². The first-order valence-electron chi connectivity index (χ1n) is 9.93. The Morgan fingerprint density at radius 1 is 1.16 bits per heavy atom. The monoisotopic (exact) mass is 342 g/mol. The number of carbonyl (C=O) groups excluding carboxylic acids is 1. The maximum atomic E-state index is 12.5. The van der Waals surface area contributed by atoms with Crippen molar-refractivity contribution in [2.75, 3.05) is 32.8 Å². The molecule has 4 rings (SSSR count). The highest BCUT2D eigenvalue weighted by Crippen LogP contribution is 2.49. The molecule has 1 N–H and O–H groups in total. The quantitative estimate of drug-likeness (QED) is 0.864. The van der Waals surface area contributed by atoms with E-state index in [1.165, 1.54) is 31.2 Å². The van der Waals surface area contributed by atoms with E-state index < -0.39 is 0 Å². The van der Waals surface area contributed by atoms with Crippen molar-refractivity contribution < 1.29 is 9.53 Å². The summed E-state index contributed by atoms with van der Waals surface area (Å²) in [5.74, 6) is 2.61. The second kappa shape index (κ2) is 7.88. The van der Waals surface area contributed by atoms with Crippen LogP contribution in [0.5, 0.6) is 0 Å². The number of amides is 1. The minimum absolute atomic E-state index is 0.242. The molecule has 2 aliphatic carbocycles. The van der Waals surface area contributed by atoms with Crippen molar-refractivity contribution in [2.24, 2.45) is 17.8 Å². The molecular weight excluding hydrogens is 312 g/mol. The highest BCUT2D eigenvalue weighted by molar-refractivity contribution is 5.76. The number of benzene rings is 1. The van der Waals surface area contributed by atoms with E-state index in [9.17, 15) is 4.79 Å². The Kier molecular flexibility index (Phi) is 5.37. The fraction of sp³-hybridized carbons (Fsp3) is 0.667. The molecule has 4 nitrogen and oxygen atoms in total. The summed E-state index contributed by atoms with van der Waals surface area (Å²) >= 11 is 0. The van der Waals surface area contributed by atoms with Gasteiger partial charge in [-0.1, -0.05) is 36.8 Å². The van der Waals surface area contributed by atoms with Gasteiger partial charge in [-0.15, -0.1) is 0 Å². The maximum absolute atomic E-state index is 12.5. The third-order valence-corrected chi connectivity index (χ3v) is 6.50. The van der Waals surface area contributed by atoms with Crippen LogP contribution in [0.2, 0.25) is 0 Å². The molecule has 3 aliphatic rings. The van der Waals surface area contributed by atoms with Gasteiger partial charge in [0.1, 0.15) is 0 Å². The maximum Gasteiger partial charge on any atom is 0.220 e. The first kappa shape index (κ1) is 17.0. The lowest BCUT2D eigenvalue weighted by Gasteiger charge is -2.35. The predicted molar refractivity (Wildman–Crippen MR) is 98.1 cm³/mol. The topological polar surface area (TPSA) is 41.6 Å². The number of hydrogen-bond donors (Lipinski definition) is 1. The Morgan fingerprint density at radius 3 is 2.64 bits per heavy atom. The summed E-state index contributed by atoms with van der Waals surface area (Å²) in [6.45, 7) is 4.12. The Balaban J connectivity index is 1.34. The van der Waals surface area contributed by atoms with Gasteiger partial charge in [0.2, 0.25) is 5.91 Å². The summed E-state index contributed by atoms with van der Waals surface area (Å²) in [7, 11) is 0. The molecule has 0 spiro atoms. The number of fused-ring (bicyclic) bond motifs is 2. The number of ether oxygens (including phenoxy) is 1. The molecule has 1 amide bonds. The molecule has 3 fully saturated rings. The van der Waals surface area contributed by atoms with E-state index >= 15 is 0 Å². The standard InChI is InChI=1S/C21H30N2O2/c24-21(14-19-13-16-6-7-18(19)12-16)22-15-20(17-4-2-1-3-5-17)23-8-10-25-11-9-23/h1-5,16,18-20H,6-15H2,(H,22,24). The lowest BCUT2D eigenvalue weighted by Crippen LogP contribution is -2.44. The van der Waals surface area contributed by atoms with Gasteiger partial charge < -0.3 is 10.1 Å². The van der Waals surface area contributed by atoms with Gasteiger partial charge in [0.15, 0.2) is 0 Å². The van der Waals surface area contributed by atoms with Gasteiger partial charge in [-0.25, -0.2) is 0 Å². The van der Waals surface area contributed by atoms with Gasteiger partial charge >= 0.3 is 0 Å². The van der Waals surface area contributed by atoms with Gasteiger partial charge in [0.25, 0.3) is 0 Å². The van der Waals surface area contributed by atoms with E-state index in [2.05, 4.69) is 34.5 Å². The third kappa shape index (κ3) is 4.06. The van der Waals surface area contributed by atoms with Crippen LogP contribution in [-0.2, 0) is 9.53 Å². The van der Waals surface area contributed by atoms with Gasteiger partial charge in [-0.05, 0) is 42.6 Å². The molecule has 1 heterocycles. The first-order chi connectivity index (χ1) is 12.3. The van der Waals surface area contributed by atoms with E-state index in [-0.39, 0.29) is 11.9 Å². The molecule has 0 radical (unpaired) electrons. The molecular formula is C21H30N2O2. The predicted octanol–water partition coefficient (Wildman–Crippen LogP) is 3.00. The van der Waals surface area contributed by atoms with E-state index in [1.807, 2.05) is 6.07 Å². The third-order valence-electron chi connectivity index (χ3n) is 6.50. The summed E-state index contributed by atoms with van der Waals surface area (Å²) in [5.41, 5.74) is 1.28. The number of morpholine rings is 1. The molecule has 2 bridgehead atoms. The number of hydrogen-bond acceptors (Lipinski definition) is 3. The smallest absolute Gasteiger partial charge is 0.220 e. The fourth-order valence-electron chi connectivity index (χ4n) is 5.17. The number of nitrogens with zero attached hydrogens (tertiary/aromatic N) is 1. The minimum atomic E-state index is 0.242. The SMILES string of the molecule is O=C(CC1CC2CCC1C2)NCC(c1ccccc1)N1CCOCC1. The fourth-order valence-corrected chi connectivity index (χ4v) is 5.17. The highest BCUT2D eigenvalue weighted by atomic mass is 16.5. The Morgan fingerprint density at radius 2 is 1.96 bits per heavy atom. The van der Waals surface area contributed by atoms with Gasteiger partial charge in [0, 0.05) is 26.1 Å². The lowest BCUT2D eigenvalue weighted by atomic mass is 9.86. The summed E-state index contributed by atoms with van der Waals surface area (Å²) in [5, 5.41) is 3.24. The first-order valence-corrected chi connectivity index (χ1v) is 9.93. The largest absolute Gasteiger partial charge is 0.379 e. The minimum Gasteiger partial charge on any atom is -0.379 e. The lowest BCUT2D eigenvalue weighted by molar-refractivity contribution is -0.122. The molecule has 4 heteroatoms. The van der Waals surface area contributed by atoms with Crippen LogP contribution in [0.1, 0.15) is 43.7 Å². The normalized spacial score (nSPS) is 30.3. The zero-order valence-corrected chi connectivity index (χ0v) is 15.0. The van der Waals surface area contributed by atoms with Crippen molar-refractivity contribution in [2.45, 2.75) is 38.1 Å². The summed E-state index contributed by atoms with van der Waals surface area (Å²) in [6, 6.07) is 10.8. The molecule has 1 saturated heterocycles. The van der Waals surface area contributed by atoms with Crippen LogP contribution in [0.25, 0.3) is 0 Å². The second-order valence-electron chi connectivity index (χ2n) is 8.02. The zero-order chi connectivity index (χ0) is 17.1. The van der Waals surface area contributed by atoms with Crippen LogP contribution in [0.3, 0.4) is 0 Å². The summed E-state index contributed by atoms with van der Waals surface area (Å²) < 4.78 is 5.50. The molecule has 1 aromatic carbocycles. The van der Waals surface area contributed by atoms with Crippen molar-refractivity contribution in [3.8, 4) is 0 Å². The number of carbonyl (C=O) groups is 1. The average molecular weight is 342 g/mol. The molecule has 2 saturated carbocycles. The van der Waals surface area contributed by atoms with Crippen LogP contribution in [0.4, 0.5) is 0 Å². The Bertz CT molecular complexity index is 571. The number of nitrogens with one attached hydrogen (secondary N) is 1. The number of rotatable bonds is 6. The van der Waals surface area contributed by atoms with Gasteiger partial charge in [0.05, 0.1) is 19.3 Å². The Hall–Kier alpha value is -1.39. The molecule has 1 aromatic rings. The van der Waals surface area contributed by atoms with Crippen molar-refractivity contribution in [3.05, 3.63) is 35.9 Å². The molecule has 136 valence electrons. The van der Waals surface area contributed by atoms with Crippen molar-refractivity contribution in [3.63, 3.8) is 0 Å². The molecule has 4 atom stereocenters. The van der Waals surface area contributed by atoms with Crippen LogP contribution in [0, 0.1) is 17.8 Å². The van der Waals surface area contributed by atoms with Crippen LogP contribution < -0.4 is 5.32 Å². The molecule has 1 aliphatic heterocycles. The second-order valence-corrected chi connectivity index (χ2v) is 8.02. The van der Waals surface area contributed by atoms with Crippen LogP contribution in [-0.4, -0.2) is 43.7 Å². The summed E-state index contributed by atoms with van der Waals surface area (Å²) in [4.78, 5) is 15.0. The molecule has 4 unspecified atom stereocenters. The summed E-state index contributed by atoms with van der Waals surface area (Å²) in [6.07, 6.45) is 6.13. The van der Waals surface area contributed by atoms with Crippen molar-refractivity contribution >= 4 is 5.91 Å².